The molecule has 0 saturated heterocycles. The van der Waals surface area contributed by atoms with Gasteiger partial charge in [-0.25, -0.2) is 8.42 Å². The zero-order chi connectivity index (χ0) is 22.6. The summed E-state index contributed by atoms with van der Waals surface area (Å²) in [6, 6.07) is 13.2. The minimum atomic E-state index is -3.54. The van der Waals surface area contributed by atoms with Crippen molar-refractivity contribution in [2.45, 2.75) is 45.8 Å². The van der Waals surface area contributed by atoms with Crippen molar-refractivity contribution in [2.24, 2.45) is 0 Å². The largest absolute Gasteiger partial charge is 0.491 e. The van der Waals surface area contributed by atoms with Gasteiger partial charge in [0.2, 0.25) is 10.0 Å². The van der Waals surface area contributed by atoms with E-state index in [1.807, 2.05) is 51.1 Å². The van der Waals surface area contributed by atoms with Crippen LogP contribution in [0, 0.1) is 6.92 Å². The number of carbonyl (C=O) groups is 1. The van der Waals surface area contributed by atoms with Crippen LogP contribution in [0.5, 0.6) is 11.5 Å². The van der Waals surface area contributed by atoms with Crippen LogP contribution in [0.1, 0.15) is 31.4 Å². The van der Waals surface area contributed by atoms with E-state index in [1.165, 1.54) is 4.31 Å². The second-order valence-electron chi connectivity index (χ2n) is 8.08. The lowest BCUT2D eigenvalue weighted by Gasteiger charge is -2.34. The Bertz CT molecular complexity index is 1040. The highest BCUT2D eigenvalue weighted by Gasteiger charge is 2.34. The fraction of sp³-hybridized carbons (Fsp3) is 0.435. The van der Waals surface area contributed by atoms with Crippen LogP contribution in [0.3, 0.4) is 0 Å². The number of aryl methyl sites for hydroxylation is 2. The van der Waals surface area contributed by atoms with Crippen molar-refractivity contribution in [1.82, 2.24) is 5.32 Å². The Kier molecular flexibility index (Phi) is 7.10. The Hall–Kier alpha value is -2.74. The monoisotopic (exact) mass is 446 g/mol. The number of rotatable bonds is 8. The Morgan fingerprint density at radius 2 is 2.03 bits per heavy atom. The number of ether oxygens (including phenoxy) is 2. The highest BCUT2D eigenvalue weighted by molar-refractivity contribution is 7.92. The van der Waals surface area contributed by atoms with Gasteiger partial charge < -0.3 is 14.8 Å². The minimum absolute atomic E-state index is 0.0459. The SMILES string of the molecule is Cc1ccc2c(c1)N(S(C)(=O)=O)C[C@H](C(=O)NCCCc1cccc(OC(C)C)c1)O2. The predicted molar refractivity (Wildman–Crippen MR) is 121 cm³/mol. The topological polar surface area (TPSA) is 84.9 Å². The van der Waals surface area contributed by atoms with Crippen molar-refractivity contribution in [3.8, 4) is 11.5 Å². The predicted octanol–water partition coefficient (Wildman–Crippen LogP) is 3.06. The normalized spacial score (nSPS) is 15.9. The van der Waals surface area contributed by atoms with E-state index in [0.29, 0.717) is 18.0 Å². The Labute approximate surface area is 184 Å². The summed E-state index contributed by atoms with van der Waals surface area (Å²) in [4.78, 5) is 12.7. The molecule has 1 atom stereocenters. The molecule has 1 aliphatic rings. The summed E-state index contributed by atoms with van der Waals surface area (Å²) in [5, 5.41) is 2.87. The second-order valence-corrected chi connectivity index (χ2v) is 9.99. The number of carbonyl (C=O) groups excluding carboxylic acids is 1. The Morgan fingerprint density at radius 1 is 1.26 bits per heavy atom. The lowest BCUT2D eigenvalue weighted by Crippen LogP contribution is -2.50. The molecule has 1 heterocycles. The summed E-state index contributed by atoms with van der Waals surface area (Å²) in [5.41, 5.74) is 2.52. The maximum absolute atomic E-state index is 12.7. The molecule has 1 N–H and O–H groups in total. The molecule has 168 valence electrons. The first-order valence-electron chi connectivity index (χ1n) is 10.4. The van der Waals surface area contributed by atoms with Gasteiger partial charge in [-0.3, -0.25) is 9.10 Å². The highest BCUT2D eigenvalue weighted by Crippen LogP contribution is 2.35. The number of hydrogen-bond acceptors (Lipinski definition) is 5. The Balaban J connectivity index is 1.57. The average Bonchev–Trinajstić information content (AvgIpc) is 2.69. The standard InChI is InChI=1S/C23H30N2O5S/c1-16(2)29-19-9-5-7-18(14-19)8-6-12-24-23(26)22-15-25(31(4,27)28)20-13-17(3)10-11-21(20)30-22/h5,7,9-11,13-14,16,22H,6,8,12,15H2,1-4H3,(H,24,26)/t22-/m1/s1. The van der Waals surface area contributed by atoms with Crippen molar-refractivity contribution in [3.05, 3.63) is 53.6 Å². The van der Waals surface area contributed by atoms with Crippen LogP contribution in [0.2, 0.25) is 0 Å². The van der Waals surface area contributed by atoms with Crippen LogP contribution in [0.15, 0.2) is 42.5 Å². The molecule has 0 saturated carbocycles. The first-order chi connectivity index (χ1) is 14.6. The van der Waals surface area contributed by atoms with Crippen LogP contribution < -0.4 is 19.1 Å². The van der Waals surface area contributed by atoms with E-state index < -0.39 is 16.1 Å². The fourth-order valence-corrected chi connectivity index (χ4v) is 4.38. The van der Waals surface area contributed by atoms with E-state index in [-0.39, 0.29) is 18.6 Å². The molecule has 7 nitrogen and oxygen atoms in total. The molecule has 0 radical (unpaired) electrons. The number of fused-ring (bicyclic) bond motifs is 1. The quantitative estimate of drug-likeness (QED) is 0.630. The molecular formula is C23H30N2O5S. The molecule has 0 aromatic heterocycles. The third-order valence-corrected chi connectivity index (χ3v) is 6.03. The molecule has 0 unspecified atom stereocenters. The third kappa shape index (κ3) is 6.13. The molecular weight excluding hydrogens is 416 g/mol. The van der Waals surface area contributed by atoms with Crippen LogP contribution >= 0.6 is 0 Å². The number of benzene rings is 2. The van der Waals surface area contributed by atoms with Crippen molar-refractivity contribution in [3.63, 3.8) is 0 Å². The number of nitrogens with one attached hydrogen (secondary N) is 1. The zero-order valence-corrected chi connectivity index (χ0v) is 19.2. The lowest BCUT2D eigenvalue weighted by molar-refractivity contribution is -0.127. The van der Waals surface area contributed by atoms with E-state index in [0.717, 1.165) is 36.0 Å². The number of sulfonamides is 1. The summed E-state index contributed by atoms with van der Waals surface area (Å²) in [6.07, 6.45) is 1.89. The van der Waals surface area contributed by atoms with E-state index in [2.05, 4.69) is 5.32 Å². The molecule has 0 spiro atoms. The summed E-state index contributed by atoms with van der Waals surface area (Å²) < 4.78 is 37.3. The summed E-state index contributed by atoms with van der Waals surface area (Å²) in [7, 11) is -3.54. The van der Waals surface area contributed by atoms with Gasteiger partial charge in [-0.1, -0.05) is 18.2 Å². The highest BCUT2D eigenvalue weighted by atomic mass is 32.2. The molecule has 31 heavy (non-hydrogen) atoms. The third-order valence-electron chi connectivity index (χ3n) is 4.89. The molecule has 0 fully saturated rings. The second kappa shape index (κ2) is 9.60. The van der Waals surface area contributed by atoms with E-state index >= 15 is 0 Å². The van der Waals surface area contributed by atoms with Gasteiger partial charge in [-0.2, -0.15) is 0 Å². The first kappa shape index (κ1) is 22.9. The maximum Gasteiger partial charge on any atom is 0.263 e. The van der Waals surface area contributed by atoms with E-state index in [1.54, 1.807) is 12.1 Å². The molecule has 0 bridgehead atoms. The smallest absolute Gasteiger partial charge is 0.263 e. The van der Waals surface area contributed by atoms with Crippen LogP contribution in [-0.4, -0.2) is 45.9 Å². The van der Waals surface area contributed by atoms with Crippen molar-refractivity contribution < 1.29 is 22.7 Å². The van der Waals surface area contributed by atoms with Gasteiger partial charge in [0.1, 0.15) is 11.5 Å². The summed E-state index contributed by atoms with van der Waals surface area (Å²) in [6.45, 7) is 6.27. The molecule has 3 rings (SSSR count). The summed E-state index contributed by atoms with van der Waals surface area (Å²) in [5.74, 6) is 0.906. The van der Waals surface area contributed by atoms with Crippen molar-refractivity contribution in [1.29, 1.82) is 0 Å². The minimum Gasteiger partial charge on any atom is -0.491 e. The van der Waals surface area contributed by atoms with Crippen molar-refractivity contribution in [2.75, 3.05) is 23.7 Å². The molecule has 1 aliphatic heterocycles. The Morgan fingerprint density at radius 3 is 2.74 bits per heavy atom. The van der Waals surface area contributed by atoms with Crippen LogP contribution in [-0.2, 0) is 21.2 Å². The van der Waals surface area contributed by atoms with Gasteiger partial charge in [-0.05, 0) is 69.0 Å². The number of anilines is 1. The number of amides is 1. The molecule has 0 aliphatic carbocycles. The molecule has 1 amide bonds. The van der Waals surface area contributed by atoms with Gasteiger partial charge in [-0.15, -0.1) is 0 Å². The zero-order valence-electron chi connectivity index (χ0n) is 18.4. The maximum atomic E-state index is 12.7. The van der Waals surface area contributed by atoms with E-state index in [9.17, 15) is 13.2 Å². The van der Waals surface area contributed by atoms with Gasteiger partial charge in [0.15, 0.2) is 6.10 Å². The average molecular weight is 447 g/mol. The van der Waals surface area contributed by atoms with E-state index in [4.69, 9.17) is 9.47 Å². The molecule has 2 aromatic rings. The van der Waals surface area contributed by atoms with Crippen LogP contribution in [0.25, 0.3) is 0 Å². The number of nitrogens with zero attached hydrogens (tertiary/aromatic N) is 1. The molecule has 8 heteroatoms. The fourth-order valence-electron chi connectivity index (χ4n) is 3.48. The summed E-state index contributed by atoms with van der Waals surface area (Å²) >= 11 is 0. The van der Waals surface area contributed by atoms with Crippen LogP contribution in [0.4, 0.5) is 5.69 Å². The van der Waals surface area contributed by atoms with Gasteiger partial charge >= 0.3 is 0 Å². The van der Waals surface area contributed by atoms with Gasteiger partial charge in [0.25, 0.3) is 5.91 Å². The van der Waals surface area contributed by atoms with Gasteiger partial charge in [0.05, 0.1) is 24.6 Å². The molecule has 2 aromatic carbocycles. The number of hydrogen-bond donors (Lipinski definition) is 1. The lowest BCUT2D eigenvalue weighted by atomic mass is 10.1. The first-order valence-corrected chi connectivity index (χ1v) is 12.3. The van der Waals surface area contributed by atoms with Gasteiger partial charge in [0, 0.05) is 6.54 Å². The van der Waals surface area contributed by atoms with Crippen molar-refractivity contribution >= 4 is 21.6 Å².